The van der Waals surface area contributed by atoms with E-state index in [1.165, 1.54) is 12.8 Å². The largest absolute Gasteiger partial charge is 0.481 e. The van der Waals surface area contributed by atoms with Crippen molar-refractivity contribution in [2.24, 2.45) is 0 Å². The van der Waals surface area contributed by atoms with Crippen LogP contribution in [0.1, 0.15) is 30.9 Å². The number of aliphatic carboxylic acids is 1. The summed E-state index contributed by atoms with van der Waals surface area (Å²) < 4.78 is 0. The Morgan fingerprint density at radius 3 is 2.65 bits per heavy atom. The van der Waals surface area contributed by atoms with Gasteiger partial charge in [0.2, 0.25) is 0 Å². The molecular formula is C12H16N2O3. The molecule has 1 aliphatic rings. The molecule has 1 fully saturated rings. The van der Waals surface area contributed by atoms with Gasteiger partial charge in [0.05, 0.1) is 12.5 Å². The number of carbonyl (C=O) groups is 1. The Morgan fingerprint density at radius 2 is 2.12 bits per heavy atom. The van der Waals surface area contributed by atoms with E-state index in [0.29, 0.717) is 5.56 Å². The normalized spacial score (nSPS) is 17.1. The molecule has 5 heteroatoms. The van der Waals surface area contributed by atoms with E-state index in [1.54, 1.807) is 12.3 Å². The van der Waals surface area contributed by atoms with E-state index in [9.17, 15) is 9.90 Å². The minimum atomic E-state index is -1.01. The quantitative estimate of drug-likeness (QED) is 0.821. The molecule has 5 nitrogen and oxygen atoms in total. The van der Waals surface area contributed by atoms with Crippen LogP contribution in [0, 0.1) is 0 Å². The van der Waals surface area contributed by atoms with Crippen molar-refractivity contribution < 1.29 is 15.0 Å². The van der Waals surface area contributed by atoms with Gasteiger partial charge < -0.3 is 15.1 Å². The van der Waals surface area contributed by atoms with Crippen molar-refractivity contribution in [3.8, 4) is 0 Å². The molecule has 17 heavy (non-hydrogen) atoms. The Bertz CT molecular complexity index is 385. The first kappa shape index (κ1) is 11.9. The number of pyridine rings is 1. The highest BCUT2D eigenvalue weighted by Crippen LogP contribution is 2.21. The van der Waals surface area contributed by atoms with Gasteiger partial charge in [-0.1, -0.05) is 6.07 Å². The first-order valence-corrected chi connectivity index (χ1v) is 5.77. The summed E-state index contributed by atoms with van der Waals surface area (Å²) in [5.41, 5.74) is 0.551. The zero-order valence-electron chi connectivity index (χ0n) is 9.54. The maximum atomic E-state index is 10.5. The van der Waals surface area contributed by atoms with E-state index in [0.717, 1.165) is 18.9 Å². The van der Waals surface area contributed by atoms with Crippen LogP contribution < -0.4 is 4.90 Å². The standard InChI is InChI=1S/C12H16N2O3/c15-10(7-12(16)17)9-3-4-11(13-8-9)14-5-1-2-6-14/h3-4,8,10,15H,1-2,5-7H2,(H,16,17)/t10-/m0/s1. The molecule has 1 aliphatic heterocycles. The average molecular weight is 236 g/mol. The van der Waals surface area contributed by atoms with Crippen LogP contribution in [0.4, 0.5) is 5.82 Å². The molecule has 0 aliphatic carbocycles. The Hall–Kier alpha value is -1.62. The van der Waals surface area contributed by atoms with Crippen LogP contribution in [0.25, 0.3) is 0 Å². The van der Waals surface area contributed by atoms with Crippen LogP contribution in [0.3, 0.4) is 0 Å². The van der Waals surface area contributed by atoms with E-state index >= 15 is 0 Å². The Morgan fingerprint density at radius 1 is 1.41 bits per heavy atom. The number of nitrogens with zero attached hydrogens (tertiary/aromatic N) is 2. The fourth-order valence-corrected chi connectivity index (χ4v) is 2.01. The lowest BCUT2D eigenvalue weighted by Gasteiger charge is -2.17. The number of aromatic nitrogens is 1. The zero-order chi connectivity index (χ0) is 12.3. The van der Waals surface area contributed by atoms with Crippen molar-refractivity contribution in [3.05, 3.63) is 23.9 Å². The van der Waals surface area contributed by atoms with Crippen molar-refractivity contribution in [3.63, 3.8) is 0 Å². The molecule has 2 N–H and O–H groups in total. The predicted octanol–water partition coefficient (Wildman–Crippen LogP) is 1.19. The number of anilines is 1. The van der Waals surface area contributed by atoms with Crippen LogP contribution >= 0.6 is 0 Å². The zero-order valence-corrected chi connectivity index (χ0v) is 9.54. The molecule has 92 valence electrons. The number of carboxylic acids is 1. The third kappa shape index (κ3) is 2.94. The Kier molecular flexibility index (Phi) is 3.58. The SMILES string of the molecule is O=C(O)C[C@H](O)c1ccc(N2CCCC2)nc1. The van der Waals surface area contributed by atoms with Gasteiger partial charge in [-0.25, -0.2) is 4.98 Å². The van der Waals surface area contributed by atoms with Crippen molar-refractivity contribution in [2.75, 3.05) is 18.0 Å². The molecule has 1 saturated heterocycles. The van der Waals surface area contributed by atoms with Gasteiger partial charge in [-0.2, -0.15) is 0 Å². The fourth-order valence-electron chi connectivity index (χ4n) is 2.01. The second-order valence-corrected chi connectivity index (χ2v) is 4.26. The number of carboxylic acid groups (broad SMARTS) is 1. The molecule has 1 atom stereocenters. The predicted molar refractivity (Wildman–Crippen MR) is 62.9 cm³/mol. The summed E-state index contributed by atoms with van der Waals surface area (Å²) in [6.07, 6.45) is 2.66. The van der Waals surface area contributed by atoms with Gasteiger partial charge in [-0.05, 0) is 24.5 Å². The maximum absolute atomic E-state index is 10.5. The fraction of sp³-hybridized carbons (Fsp3) is 0.500. The van der Waals surface area contributed by atoms with Crippen LogP contribution in [0.2, 0.25) is 0 Å². The van der Waals surface area contributed by atoms with Crippen LogP contribution in [-0.4, -0.2) is 34.3 Å². The summed E-state index contributed by atoms with van der Waals surface area (Å²) in [5.74, 6) is -0.116. The van der Waals surface area contributed by atoms with Crippen molar-refractivity contribution in [1.82, 2.24) is 4.98 Å². The van der Waals surface area contributed by atoms with Crippen molar-refractivity contribution >= 4 is 11.8 Å². The van der Waals surface area contributed by atoms with Crippen molar-refractivity contribution in [1.29, 1.82) is 0 Å². The molecule has 2 rings (SSSR count). The minimum Gasteiger partial charge on any atom is -0.481 e. The second-order valence-electron chi connectivity index (χ2n) is 4.26. The number of hydrogen-bond donors (Lipinski definition) is 2. The van der Waals surface area contributed by atoms with E-state index < -0.39 is 12.1 Å². The summed E-state index contributed by atoms with van der Waals surface area (Å²) in [7, 11) is 0. The first-order valence-electron chi connectivity index (χ1n) is 5.77. The summed E-state index contributed by atoms with van der Waals surface area (Å²) in [5, 5.41) is 18.2. The van der Waals surface area contributed by atoms with E-state index in [4.69, 9.17) is 5.11 Å². The smallest absolute Gasteiger partial charge is 0.306 e. The van der Waals surface area contributed by atoms with E-state index in [1.807, 2.05) is 6.07 Å². The number of aliphatic hydroxyl groups excluding tert-OH is 1. The van der Waals surface area contributed by atoms with Crippen LogP contribution in [0.5, 0.6) is 0 Å². The summed E-state index contributed by atoms with van der Waals surface area (Å²) in [6.45, 7) is 2.04. The molecule has 1 aromatic heterocycles. The number of rotatable bonds is 4. The lowest BCUT2D eigenvalue weighted by molar-refractivity contribution is -0.139. The molecule has 0 bridgehead atoms. The highest BCUT2D eigenvalue weighted by molar-refractivity contribution is 5.67. The van der Waals surface area contributed by atoms with E-state index in [-0.39, 0.29) is 6.42 Å². The average Bonchev–Trinajstić information content (AvgIpc) is 2.82. The molecule has 0 aromatic carbocycles. The second kappa shape index (κ2) is 5.14. The molecular weight excluding hydrogens is 220 g/mol. The highest BCUT2D eigenvalue weighted by Gasteiger charge is 2.15. The van der Waals surface area contributed by atoms with Gasteiger partial charge >= 0.3 is 5.97 Å². The maximum Gasteiger partial charge on any atom is 0.306 e. The lowest BCUT2D eigenvalue weighted by Crippen LogP contribution is -2.19. The molecule has 1 aromatic rings. The van der Waals surface area contributed by atoms with Gasteiger partial charge in [-0.3, -0.25) is 4.79 Å². The highest BCUT2D eigenvalue weighted by atomic mass is 16.4. The molecule has 0 amide bonds. The van der Waals surface area contributed by atoms with Gasteiger partial charge in [0.25, 0.3) is 0 Å². The number of hydrogen-bond acceptors (Lipinski definition) is 4. The molecule has 0 radical (unpaired) electrons. The summed E-state index contributed by atoms with van der Waals surface area (Å²) in [6, 6.07) is 3.58. The molecule has 0 saturated carbocycles. The van der Waals surface area contributed by atoms with Gasteiger partial charge in [-0.15, -0.1) is 0 Å². The third-order valence-corrected chi connectivity index (χ3v) is 2.95. The first-order chi connectivity index (χ1) is 8.16. The van der Waals surface area contributed by atoms with E-state index in [2.05, 4.69) is 9.88 Å². The van der Waals surface area contributed by atoms with Crippen LogP contribution in [-0.2, 0) is 4.79 Å². The monoisotopic (exact) mass is 236 g/mol. The molecule has 0 unspecified atom stereocenters. The Labute approximate surface area is 99.7 Å². The molecule has 2 heterocycles. The third-order valence-electron chi connectivity index (χ3n) is 2.95. The van der Waals surface area contributed by atoms with Gasteiger partial charge in [0.15, 0.2) is 0 Å². The number of aliphatic hydroxyl groups is 1. The lowest BCUT2D eigenvalue weighted by atomic mass is 10.1. The Balaban J connectivity index is 2.04. The van der Waals surface area contributed by atoms with Crippen molar-refractivity contribution in [2.45, 2.75) is 25.4 Å². The minimum absolute atomic E-state index is 0.287. The molecule has 0 spiro atoms. The van der Waals surface area contributed by atoms with Crippen LogP contribution in [0.15, 0.2) is 18.3 Å². The van der Waals surface area contributed by atoms with Gasteiger partial charge in [0, 0.05) is 19.3 Å². The van der Waals surface area contributed by atoms with Gasteiger partial charge in [0.1, 0.15) is 5.82 Å². The summed E-state index contributed by atoms with van der Waals surface area (Å²) >= 11 is 0. The summed E-state index contributed by atoms with van der Waals surface area (Å²) in [4.78, 5) is 16.9. The topological polar surface area (TPSA) is 73.7 Å².